The van der Waals surface area contributed by atoms with E-state index in [4.69, 9.17) is 4.74 Å². The van der Waals surface area contributed by atoms with Crippen molar-refractivity contribution in [1.82, 2.24) is 10.2 Å². The molecule has 0 amide bonds. The maximum absolute atomic E-state index is 5.55. The Morgan fingerprint density at radius 2 is 1.84 bits per heavy atom. The molecule has 0 radical (unpaired) electrons. The summed E-state index contributed by atoms with van der Waals surface area (Å²) in [4.78, 5) is 2.48. The normalized spacial score (nSPS) is 26.5. The maximum Gasteiger partial charge on any atom is 0.0506 e. The number of hydrogen-bond donors (Lipinski definition) is 1. The summed E-state index contributed by atoms with van der Waals surface area (Å²) in [6, 6.07) is 0.786. The number of hydrogen-bond acceptors (Lipinski definition) is 3. The molecule has 1 atom stereocenters. The molecule has 2 fully saturated rings. The van der Waals surface area contributed by atoms with E-state index in [2.05, 4.69) is 17.3 Å². The van der Waals surface area contributed by atoms with Crippen molar-refractivity contribution in [2.75, 3.05) is 39.9 Å². The second kappa shape index (κ2) is 8.93. The fraction of sp³-hybridized carbons (Fsp3) is 1.00. The molecule has 0 spiro atoms. The highest BCUT2D eigenvalue weighted by Gasteiger charge is 2.16. The highest BCUT2D eigenvalue weighted by Crippen LogP contribution is 2.17. The molecule has 1 N–H and O–H groups in total. The van der Waals surface area contributed by atoms with Gasteiger partial charge in [-0.3, -0.25) is 0 Å². The van der Waals surface area contributed by atoms with Gasteiger partial charge in [-0.1, -0.05) is 25.7 Å². The van der Waals surface area contributed by atoms with Crippen LogP contribution in [0.25, 0.3) is 0 Å². The highest BCUT2D eigenvalue weighted by atomic mass is 16.5. The Morgan fingerprint density at radius 3 is 2.53 bits per heavy atom. The Bertz CT molecular complexity index is 221. The lowest BCUT2D eigenvalue weighted by atomic mass is 10.0. The van der Waals surface area contributed by atoms with E-state index >= 15 is 0 Å². The molecule has 1 aliphatic heterocycles. The van der Waals surface area contributed by atoms with Gasteiger partial charge in [-0.2, -0.15) is 0 Å². The molecule has 1 saturated heterocycles. The molecule has 3 nitrogen and oxygen atoms in total. The molecule has 2 rings (SSSR count). The van der Waals surface area contributed by atoms with Crippen LogP contribution >= 0.6 is 0 Å². The first-order valence-corrected chi connectivity index (χ1v) is 8.34. The van der Waals surface area contributed by atoms with Crippen LogP contribution in [0.1, 0.15) is 51.4 Å². The third-order valence-corrected chi connectivity index (χ3v) is 4.61. The average molecular weight is 268 g/mol. The molecule has 0 aromatic heterocycles. The Balaban J connectivity index is 1.53. The Hall–Kier alpha value is -0.120. The largest absolute Gasteiger partial charge is 0.381 e. The molecule has 0 aromatic carbocycles. The van der Waals surface area contributed by atoms with Crippen LogP contribution in [-0.2, 0) is 4.74 Å². The van der Waals surface area contributed by atoms with Gasteiger partial charge in [0.15, 0.2) is 0 Å². The fourth-order valence-electron chi connectivity index (χ4n) is 3.43. The summed E-state index contributed by atoms with van der Waals surface area (Å²) in [5.41, 5.74) is 0. The van der Waals surface area contributed by atoms with Gasteiger partial charge >= 0.3 is 0 Å². The number of likely N-dealkylation sites (N-methyl/N-ethyl adjacent to an activating group) is 1. The zero-order valence-electron chi connectivity index (χ0n) is 12.7. The minimum Gasteiger partial charge on any atom is -0.381 e. The van der Waals surface area contributed by atoms with Crippen molar-refractivity contribution in [3.05, 3.63) is 0 Å². The minimum absolute atomic E-state index is 0.761. The van der Waals surface area contributed by atoms with Gasteiger partial charge in [-0.25, -0.2) is 0 Å². The first kappa shape index (κ1) is 15.3. The first-order chi connectivity index (χ1) is 9.34. The lowest BCUT2D eigenvalue weighted by Gasteiger charge is -2.27. The van der Waals surface area contributed by atoms with Crippen LogP contribution < -0.4 is 5.32 Å². The molecular weight excluding hydrogens is 236 g/mol. The maximum atomic E-state index is 5.55. The summed E-state index contributed by atoms with van der Waals surface area (Å²) in [6.45, 7) is 5.47. The Labute approximate surface area is 119 Å². The number of rotatable bonds is 6. The lowest BCUT2D eigenvalue weighted by Crippen LogP contribution is -2.38. The van der Waals surface area contributed by atoms with Gasteiger partial charge in [0.1, 0.15) is 0 Å². The van der Waals surface area contributed by atoms with Crippen molar-refractivity contribution in [2.24, 2.45) is 5.92 Å². The first-order valence-electron chi connectivity index (χ1n) is 8.34. The Morgan fingerprint density at radius 1 is 1.05 bits per heavy atom. The van der Waals surface area contributed by atoms with E-state index < -0.39 is 0 Å². The predicted octanol–water partition coefficient (Wildman–Crippen LogP) is 2.66. The molecular formula is C16H32N2O. The quantitative estimate of drug-likeness (QED) is 0.750. The van der Waals surface area contributed by atoms with E-state index in [1.165, 1.54) is 64.5 Å². The van der Waals surface area contributed by atoms with Crippen molar-refractivity contribution >= 4 is 0 Å². The molecule has 0 bridgehead atoms. The fourth-order valence-corrected chi connectivity index (χ4v) is 3.43. The van der Waals surface area contributed by atoms with Crippen LogP contribution in [-0.4, -0.2) is 50.8 Å². The van der Waals surface area contributed by atoms with E-state index in [1.54, 1.807) is 0 Å². The number of nitrogens with one attached hydrogen (secondary N) is 1. The zero-order valence-corrected chi connectivity index (χ0v) is 12.7. The second-order valence-electron chi connectivity index (χ2n) is 6.49. The van der Waals surface area contributed by atoms with E-state index in [0.717, 1.165) is 31.7 Å². The summed E-state index contributed by atoms with van der Waals surface area (Å²) in [5.74, 6) is 0.761. The molecule has 112 valence electrons. The van der Waals surface area contributed by atoms with Gasteiger partial charge in [-0.05, 0) is 38.6 Å². The molecule has 19 heavy (non-hydrogen) atoms. The minimum atomic E-state index is 0.761. The zero-order chi connectivity index (χ0) is 13.3. The van der Waals surface area contributed by atoms with E-state index in [1.807, 2.05) is 0 Å². The van der Waals surface area contributed by atoms with Gasteiger partial charge in [-0.15, -0.1) is 0 Å². The molecule has 3 heteroatoms. The summed E-state index contributed by atoms with van der Waals surface area (Å²) in [6.07, 6.45) is 11.1. The van der Waals surface area contributed by atoms with E-state index in [9.17, 15) is 0 Å². The van der Waals surface area contributed by atoms with Crippen LogP contribution in [0.2, 0.25) is 0 Å². The SMILES string of the molecule is CN(CCNC1CCCCCC1)CC1CCCOC1. The van der Waals surface area contributed by atoms with Crippen LogP contribution in [0.15, 0.2) is 0 Å². The standard InChI is InChI=1S/C16H32N2O/c1-18(13-15-7-6-12-19-14-15)11-10-17-16-8-4-2-3-5-9-16/h15-17H,2-14H2,1H3. The van der Waals surface area contributed by atoms with Crippen LogP contribution in [0.4, 0.5) is 0 Å². The topological polar surface area (TPSA) is 24.5 Å². The van der Waals surface area contributed by atoms with Gasteiger partial charge in [0.05, 0.1) is 6.61 Å². The summed E-state index contributed by atoms with van der Waals surface area (Å²) >= 11 is 0. The number of nitrogens with zero attached hydrogens (tertiary/aromatic N) is 1. The highest BCUT2D eigenvalue weighted by molar-refractivity contribution is 4.72. The van der Waals surface area contributed by atoms with Gasteiger partial charge in [0, 0.05) is 32.3 Å². The van der Waals surface area contributed by atoms with Crippen LogP contribution in [0.3, 0.4) is 0 Å². The summed E-state index contributed by atoms with van der Waals surface area (Å²) in [5, 5.41) is 3.76. The van der Waals surface area contributed by atoms with Crippen molar-refractivity contribution < 1.29 is 4.74 Å². The van der Waals surface area contributed by atoms with E-state index in [-0.39, 0.29) is 0 Å². The third kappa shape index (κ3) is 6.24. The van der Waals surface area contributed by atoms with Crippen molar-refractivity contribution in [2.45, 2.75) is 57.4 Å². The van der Waals surface area contributed by atoms with Crippen LogP contribution in [0.5, 0.6) is 0 Å². The molecule has 1 aliphatic carbocycles. The second-order valence-corrected chi connectivity index (χ2v) is 6.49. The number of ether oxygens (including phenoxy) is 1. The third-order valence-electron chi connectivity index (χ3n) is 4.61. The summed E-state index contributed by atoms with van der Waals surface area (Å²) in [7, 11) is 2.25. The molecule has 0 aromatic rings. The van der Waals surface area contributed by atoms with Crippen molar-refractivity contribution in [1.29, 1.82) is 0 Å². The monoisotopic (exact) mass is 268 g/mol. The molecule has 1 unspecified atom stereocenters. The van der Waals surface area contributed by atoms with Crippen LogP contribution in [0, 0.1) is 5.92 Å². The van der Waals surface area contributed by atoms with E-state index in [0.29, 0.717) is 0 Å². The Kier molecular flexibility index (Phi) is 7.18. The molecule has 1 heterocycles. The van der Waals surface area contributed by atoms with Crippen molar-refractivity contribution in [3.63, 3.8) is 0 Å². The van der Waals surface area contributed by atoms with Gasteiger partial charge in [0.2, 0.25) is 0 Å². The smallest absolute Gasteiger partial charge is 0.0506 e. The summed E-state index contributed by atoms with van der Waals surface area (Å²) < 4.78 is 5.55. The lowest BCUT2D eigenvalue weighted by molar-refractivity contribution is 0.0421. The van der Waals surface area contributed by atoms with Gasteiger partial charge in [0.25, 0.3) is 0 Å². The van der Waals surface area contributed by atoms with Gasteiger partial charge < -0.3 is 15.0 Å². The molecule has 1 saturated carbocycles. The predicted molar refractivity (Wildman–Crippen MR) is 80.5 cm³/mol. The van der Waals surface area contributed by atoms with Crippen molar-refractivity contribution in [3.8, 4) is 0 Å². The average Bonchev–Trinajstić information content (AvgIpc) is 2.68. The molecule has 2 aliphatic rings.